The monoisotopic (exact) mass is 921 g/mol. The number of benzene rings is 3. The molecule has 0 aliphatic carbocycles. The number of hydrogen-bond donors (Lipinski definition) is 0. The van der Waals surface area contributed by atoms with Crippen molar-refractivity contribution in [3.05, 3.63) is 47.5 Å². The third-order valence-corrected chi connectivity index (χ3v) is 13.6. The lowest BCUT2D eigenvalue weighted by Gasteiger charge is -2.18. The van der Waals surface area contributed by atoms with Crippen LogP contribution in [0.15, 0.2) is 42.5 Å². The summed E-state index contributed by atoms with van der Waals surface area (Å²) in [4.78, 5) is 22.3. The molecule has 3 aromatic rings. The second-order valence-corrected chi connectivity index (χ2v) is 19.4. The number of halogens is 1. The Morgan fingerprint density at radius 1 is 0.354 bits per heavy atom. The maximum absolute atomic E-state index is 11.2. The van der Waals surface area contributed by atoms with Crippen LogP contribution in [0.1, 0.15) is 244 Å². The second-order valence-electron chi connectivity index (χ2n) is 19.0. The molecule has 3 aromatic carbocycles. The molecule has 368 valence electrons. The van der Waals surface area contributed by atoms with Gasteiger partial charge in [-0.05, 0) is 43.9 Å². The van der Waals surface area contributed by atoms with Gasteiger partial charge in [-0.3, -0.25) is 9.59 Å². The van der Waals surface area contributed by atoms with Crippen molar-refractivity contribution in [2.45, 2.75) is 244 Å². The van der Waals surface area contributed by atoms with E-state index in [9.17, 15) is 9.59 Å². The molecular formula is C58H93ClO6. The molecule has 0 N–H and O–H groups in total. The fourth-order valence-electron chi connectivity index (χ4n) is 9.33. The molecule has 3 rings (SSSR count). The maximum Gasteiger partial charge on any atom is 0.305 e. The van der Waals surface area contributed by atoms with Gasteiger partial charge in [-0.1, -0.05) is 241 Å². The second kappa shape index (κ2) is 39.0. The minimum Gasteiger partial charge on any atom is -0.492 e. The summed E-state index contributed by atoms with van der Waals surface area (Å²) in [5.41, 5.74) is 0. The average Bonchev–Trinajstić information content (AvgIpc) is 3.32. The van der Waals surface area contributed by atoms with E-state index in [1.165, 1.54) is 207 Å². The van der Waals surface area contributed by atoms with E-state index in [1.54, 1.807) is 0 Å². The molecule has 0 unspecified atom stereocenters. The van der Waals surface area contributed by atoms with Crippen LogP contribution >= 0.6 is 11.6 Å². The number of esters is 2. The molecule has 0 atom stereocenters. The molecule has 0 fully saturated rings. The number of hydrogen-bond acceptors (Lipinski definition) is 6. The van der Waals surface area contributed by atoms with Crippen LogP contribution in [0.3, 0.4) is 0 Å². The molecule has 0 aliphatic heterocycles. The van der Waals surface area contributed by atoms with E-state index in [1.807, 2.05) is 6.07 Å². The van der Waals surface area contributed by atoms with Crippen LogP contribution in [0.4, 0.5) is 0 Å². The number of carbonyl (C=O) groups is 2. The van der Waals surface area contributed by atoms with E-state index in [0.29, 0.717) is 19.4 Å². The zero-order chi connectivity index (χ0) is 46.3. The first-order chi connectivity index (χ1) is 32.0. The molecule has 0 bridgehead atoms. The standard InChI is InChI=1S/C58H93ClO6/c1-62-55(60)43-35-31-27-23-19-15-11-7-3-5-9-13-17-21-25-29-33-39-47-64-57-51-41-37-38-42-52(51)58(54-49-50(59)45-46-53(54)57)65-48-40-34-30-26-22-18-14-10-6-4-8-12-16-20-24-28-32-36-44-56(61)63-2/h37-38,41-42,45-46,49H,3-36,39-40,43-44,47-48H2,1-2H3. The first-order valence-electron chi connectivity index (χ1n) is 27.1. The third kappa shape index (κ3) is 26.8. The van der Waals surface area contributed by atoms with Crippen LogP contribution in [0.2, 0.25) is 5.02 Å². The first-order valence-corrected chi connectivity index (χ1v) is 27.5. The quantitative estimate of drug-likeness (QED) is 0.0320. The van der Waals surface area contributed by atoms with Crippen LogP contribution in [0.5, 0.6) is 11.5 Å². The highest BCUT2D eigenvalue weighted by molar-refractivity contribution is 6.31. The third-order valence-electron chi connectivity index (χ3n) is 13.4. The van der Waals surface area contributed by atoms with Crippen LogP contribution in [-0.2, 0) is 19.1 Å². The summed E-state index contributed by atoms with van der Waals surface area (Å²) in [5, 5.41) is 5.08. The van der Waals surface area contributed by atoms with Gasteiger partial charge in [-0.15, -0.1) is 0 Å². The fraction of sp³-hybridized carbons (Fsp3) is 0.724. The highest BCUT2D eigenvalue weighted by Gasteiger charge is 2.17. The van der Waals surface area contributed by atoms with E-state index in [0.717, 1.165) is 83.2 Å². The Kier molecular flexibility index (Phi) is 33.8. The molecule has 0 spiro atoms. The number of fused-ring (bicyclic) bond motifs is 2. The molecular weight excluding hydrogens is 828 g/mol. The summed E-state index contributed by atoms with van der Waals surface area (Å²) in [6.45, 7) is 1.44. The molecule has 0 radical (unpaired) electrons. The lowest BCUT2D eigenvalue weighted by atomic mass is 10.0. The van der Waals surface area contributed by atoms with Crippen LogP contribution in [0, 0.1) is 0 Å². The summed E-state index contributed by atoms with van der Waals surface area (Å²) in [7, 11) is 2.94. The Morgan fingerprint density at radius 2 is 0.615 bits per heavy atom. The van der Waals surface area contributed by atoms with Gasteiger partial charge in [0, 0.05) is 39.4 Å². The predicted molar refractivity (Wildman–Crippen MR) is 277 cm³/mol. The first kappa shape index (κ1) is 56.3. The fourth-order valence-corrected chi connectivity index (χ4v) is 9.51. The van der Waals surface area contributed by atoms with Gasteiger partial charge >= 0.3 is 11.9 Å². The molecule has 0 heterocycles. The van der Waals surface area contributed by atoms with E-state index in [4.69, 9.17) is 30.5 Å². The van der Waals surface area contributed by atoms with Crippen molar-refractivity contribution in [1.82, 2.24) is 0 Å². The Balaban J connectivity index is 1.19. The largest absolute Gasteiger partial charge is 0.492 e. The van der Waals surface area contributed by atoms with Gasteiger partial charge in [0.05, 0.1) is 27.4 Å². The van der Waals surface area contributed by atoms with E-state index >= 15 is 0 Å². The van der Waals surface area contributed by atoms with Gasteiger partial charge < -0.3 is 18.9 Å². The molecule has 0 saturated heterocycles. The number of carbonyl (C=O) groups excluding carboxylic acids is 2. The van der Waals surface area contributed by atoms with Gasteiger partial charge in [-0.2, -0.15) is 0 Å². The van der Waals surface area contributed by atoms with Crippen LogP contribution in [-0.4, -0.2) is 39.4 Å². The normalized spacial score (nSPS) is 11.4. The number of methoxy groups -OCH3 is 2. The smallest absolute Gasteiger partial charge is 0.305 e. The molecule has 65 heavy (non-hydrogen) atoms. The van der Waals surface area contributed by atoms with Crippen molar-refractivity contribution in [2.24, 2.45) is 0 Å². The van der Waals surface area contributed by atoms with Gasteiger partial charge in [0.15, 0.2) is 0 Å². The number of unbranched alkanes of at least 4 members (excludes halogenated alkanes) is 34. The number of ether oxygens (including phenoxy) is 4. The Bertz CT molecular complexity index is 1640. The Labute approximate surface area is 402 Å². The van der Waals surface area contributed by atoms with Gasteiger partial charge in [-0.25, -0.2) is 0 Å². The predicted octanol–water partition coefficient (Wildman–Crippen LogP) is 18.6. The molecule has 0 aromatic heterocycles. The molecule has 0 aliphatic rings. The highest BCUT2D eigenvalue weighted by Crippen LogP contribution is 2.44. The van der Waals surface area contributed by atoms with E-state index < -0.39 is 0 Å². The molecule has 7 heteroatoms. The molecule has 6 nitrogen and oxygen atoms in total. The van der Waals surface area contributed by atoms with Crippen LogP contribution in [0.25, 0.3) is 21.5 Å². The van der Waals surface area contributed by atoms with Gasteiger partial charge in [0.2, 0.25) is 0 Å². The summed E-state index contributed by atoms with van der Waals surface area (Å²) >= 11 is 6.58. The number of rotatable bonds is 44. The average molecular weight is 922 g/mol. The maximum atomic E-state index is 11.2. The van der Waals surface area contributed by atoms with Crippen molar-refractivity contribution in [3.63, 3.8) is 0 Å². The summed E-state index contributed by atoms with van der Waals surface area (Å²) in [5.74, 6) is 1.74. The van der Waals surface area contributed by atoms with Crippen molar-refractivity contribution < 1.29 is 28.5 Å². The zero-order valence-corrected chi connectivity index (χ0v) is 42.4. The van der Waals surface area contributed by atoms with Gasteiger partial charge in [0.25, 0.3) is 0 Å². The van der Waals surface area contributed by atoms with Crippen molar-refractivity contribution in [3.8, 4) is 11.5 Å². The minimum absolute atomic E-state index is 0.0758. The Morgan fingerprint density at radius 3 is 0.923 bits per heavy atom. The SMILES string of the molecule is COC(=O)CCCCCCCCCCCCCCCCCCCCOc1c2ccccc2c(OCCCCCCCCCCCCCCCCCCCCC(=O)OC)c2cc(Cl)ccc12. The Hall–Kier alpha value is -2.99. The van der Waals surface area contributed by atoms with Crippen LogP contribution < -0.4 is 9.47 Å². The van der Waals surface area contributed by atoms with Crippen molar-refractivity contribution in [2.75, 3.05) is 27.4 Å². The van der Waals surface area contributed by atoms with E-state index in [-0.39, 0.29) is 11.9 Å². The van der Waals surface area contributed by atoms with E-state index in [2.05, 4.69) is 36.4 Å². The zero-order valence-electron chi connectivity index (χ0n) is 41.7. The van der Waals surface area contributed by atoms with Crippen molar-refractivity contribution in [1.29, 1.82) is 0 Å². The topological polar surface area (TPSA) is 71.1 Å². The summed E-state index contributed by atoms with van der Waals surface area (Å²) in [6, 6.07) is 14.7. The highest BCUT2D eigenvalue weighted by atomic mass is 35.5. The summed E-state index contributed by atoms with van der Waals surface area (Å²) < 4.78 is 22.6. The lowest BCUT2D eigenvalue weighted by Crippen LogP contribution is -2.02. The lowest BCUT2D eigenvalue weighted by molar-refractivity contribution is -0.141. The van der Waals surface area contributed by atoms with Gasteiger partial charge in [0.1, 0.15) is 11.5 Å². The molecule has 0 amide bonds. The molecule has 0 saturated carbocycles. The minimum atomic E-state index is -0.0760. The summed E-state index contributed by atoms with van der Waals surface area (Å²) in [6.07, 6.45) is 47.7. The van der Waals surface area contributed by atoms with Crippen molar-refractivity contribution >= 4 is 45.1 Å².